The van der Waals surface area contributed by atoms with E-state index in [0.29, 0.717) is 18.2 Å². The molecule has 1 aromatic carbocycles. The predicted molar refractivity (Wildman–Crippen MR) is 102 cm³/mol. The van der Waals surface area contributed by atoms with Crippen molar-refractivity contribution < 1.29 is 31.5 Å². The minimum Gasteiger partial charge on any atom is -0.483 e. The molecule has 11 heteroatoms. The van der Waals surface area contributed by atoms with Crippen LogP contribution in [0.15, 0.2) is 47.2 Å². The van der Waals surface area contributed by atoms with E-state index in [1.807, 2.05) is 0 Å². The van der Waals surface area contributed by atoms with Crippen LogP contribution in [-0.2, 0) is 0 Å². The van der Waals surface area contributed by atoms with Gasteiger partial charge in [0, 0.05) is 16.8 Å². The topological polar surface area (TPSA) is 64.1 Å². The van der Waals surface area contributed by atoms with Crippen molar-refractivity contribution in [1.29, 1.82) is 0 Å². The second kappa shape index (κ2) is 9.01. The van der Waals surface area contributed by atoms with E-state index in [4.69, 9.17) is 16.3 Å². The fraction of sp³-hybridized carbons (Fsp3) is 0.250. The van der Waals surface area contributed by atoms with Crippen molar-refractivity contribution in [3.8, 4) is 17.0 Å². The number of hydrogen-bond donors (Lipinski definition) is 1. The summed E-state index contributed by atoms with van der Waals surface area (Å²) < 4.78 is 71.6. The maximum Gasteiger partial charge on any atom is 0.422 e. The number of halogens is 6. The van der Waals surface area contributed by atoms with Crippen LogP contribution in [0.3, 0.4) is 0 Å². The van der Waals surface area contributed by atoms with Crippen molar-refractivity contribution >= 4 is 17.5 Å². The predicted octanol–water partition coefficient (Wildman–Crippen LogP) is 5.36. The van der Waals surface area contributed by atoms with Crippen molar-refractivity contribution in [3.05, 3.63) is 64.2 Å². The zero-order valence-electron chi connectivity index (χ0n) is 16.0. The second-order valence-corrected chi connectivity index (χ2v) is 7.06. The zero-order chi connectivity index (χ0) is 22.8. The maximum atomic E-state index is 14.7. The van der Waals surface area contributed by atoms with Crippen LogP contribution in [0.1, 0.15) is 28.9 Å². The quantitative estimate of drug-likeness (QED) is 0.611. The number of carbonyl (C=O) groups excluding carboxylic acids is 1. The molecule has 31 heavy (non-hydrogen) atoms. The molecule has 1 N–H and O–H groups in total. The number of nitrogens with one attached hydrogen (secondary N) is 1. The summed E-state index contributed by atoms with van der Waals surface area (Å²) in [7, 11) is 0. The van der Waals surface area contributed by atoms with Crippen LogP contribution in [0.4, 0.5) is 22.0 Å². The normalized spacial score (nSPS) is 14.4. The Balaban J connectivity index is 2.01. The Morgan fingerprint density at radius 2 is 1.97 bits per heavy atom. The number of benzene rings is 1. The van der Waals surface area contributed by atoms with Gasteiger partial charge in [0.2, 0.25) is 0 Å². The molecule has 1 aromatic heterocycles. The molecule has 164 valence electrons. The average Bonchev–Trinajstić information content (AvgIpc) is 2.69. The number of amides is 1. The first-order valence-electron chi connectivity index (χ1n) is 8.93. The van der Waals surface area contributed by atoms with Crippen molar-refractivity contribution in [3.63, 3.8) is 0 Å². The van der Waals surface area contributed by atoms with E-state index in [2.05, 4.69) is 15.3 Å². The van der Waals surface area contributed by atoms with Crippen LogP contribution >= 0.6 is 11.6 Å². The molecule has 0 bridgehead atoms. The fourth-order valence-corrected chi connectivity index (χ4v) is 2.98. The highest BCUT2D eigenvalue weighted by atomic mass is 35.5. The molecular weight excluding hydrogens is 445 g/mol. The van der Waals surface area contributed by atoms with E-state index in [1.54, 1.807) is 6.92 Å². The second-order valence-electron chi connectivity index (χ2n) is 6.60. The highest BCUT2D eigenvalue weighted by Crippen LogP contribution is 2.32. The van der Waals surface area contributed by atoms with Gasteiger partial charge >= 0.3 is 6.18 Å². The molecule has 1 amide bonds. The summed E-state index contributed by atoms with van der Waals surface area (Å²) in [6.07, 6.45) is -0.350. The highest BCUT2D eigenvalue weighted by molar-refractivity contribution is 6.30. The maximum absolute atomic E-state index is 14.7. The smallest absolute Gasteiger partial charge is 0.422 e. The average molecular weight is 460 g/mol. The van der Waals surface area contributed by atoms with Gasteiger partial charge in [0.25, 0.3) is 5.91 Å². The molecule has 3 rings (SSSR count). The van der Waals surface area contributed by atoms with E-state index in [0.717, 1.165) is 6.07 Å². The number of allylic oxidation sites excluding steroid dienone is 3. The Bertz CT molecular complexity index is 1070. The molecule has 0 saturated heterocycles. The van der Waals surface area contributed by atoms with Gasteiger partial charge in [-0.25, -0.2) is 8.78 Å². The molecule has 0 spiro atoms. The first-order valence-corrected chi connectivity index (χ1v) is 9.31. The number of aromatic nitrogens is 2. The monoisotopic (exact) mass is 459 g/mol. The molecule has 1 heterocycles. The lowest BCUT2D eigenvalue weighted by Gasteiger charge is -2.17. The first-order chi connectivity index (χ1) is 14.5. The summed E-state index contributed by atoms with van der Waals surface area (Å²) in [6, 6.07) is 1.61. The van der Waals surface area contributed by atoms with Gasteiger partial charge in [0.1, 0.15) is 17.4 Å². The highest BCUT2D eigenvalue weighted by Gasteiger charge is 2.30. The third-order valence-electron chi connectivity index (χ3n) is 4.20. The van der Waals surface area contributed by atoms with Crippen LogP contribution in [0.25, 0.3) is 11.3 Å². The van der Waals surface area contributed by atoms with E-state index in [-0.39, 0.29) is 28.4 Å². The molecule has 0 saturated carbocycles. The molecule has 0 aliphatic heterocycles. The van der Waals surface area contributed by atoms with Gasteiger partial charge in [-0.15, -0.1) is 0 Å². The Kier molecular flexibility index (Phi) is 6.59. The molecule has 5 nitrogen and oxygen atoms in total. The lowest BCUT2D eigenvalue weighted by atomic mass is 10.1. The number of nitrogens with zero attached hydrogens (tertiary/aromatic N) is 2. The van der Waals surface area contributed by atoms with E-state index in [9.17, 15) is 26.7 Å². The molecule has 1 aliphatic carbocycles. The van der Waals surface area contributed by atoms with Gasteiger partial charge in [-0.05, 0) is 38.0 Å². The van der Waals surface area contributed by atoms with Crippen LogP contribution < -0.4 is 10.1 Å². The van der Waals surface area contributed by atoms with Gasteiger partial charge in [0.05, 0.1) is 28.8 Å². The van der Waals surface area contributed by atoms with Crippen LogP contribution in [0.2, 0.25) is 0 Å². The number of carbonyl (C=O) groups is 1. The molecule has 0 radical (unpaired) electrons. The molecule has 0 unspecified atom stereocenters. The van der Waals surface area contributed by atoms with Crippen molar-refractivity contribution in [1.82, 2.24) is 15.3 Å². The van der Waals surface area contributed by atoms with Gasteiger partial charge in [-0.3, -0.25) is 14.8 Å². The number of hydrogen-bond acceptors (Lipinski definition) is 4. The van der Waals surface area contributed by atoms with Crippen molar-refractivity contribution in [2.24, 2.45) is 0 Å². The standard InChI is InChI=1S/C20H15ClF5N3O2/c1-10-7-28-16(8-27-10)11-6-17(31-9-20(24,25)26)12(5-15(11)23)19(30)29-18-13(21)3-2-4-14(18)22/h4-8H,2-3,9H2,1H3,(H,29,30). The number of rotatable bonds is 5. The summed E-state index contributed by atoms with van der Waals surface area (Å²) in [4.78, 5) is 20.6. The minimum absolute atomic E-state index is 0.0260. The molecule has 1 aliphatic rings. The minimum atomic E-state index is -4.71. The van der Waals surface area contributed by atoms with E-state index >= 15 is 0 Å². The Labute approximate surface area is 178 Å². The number of ether oxygens (including phenoxy) is 1. The van der Waals surface area contributed by atoms with Crippen LogP contribution in [-0.4, -0.2) is 28.7 Å². The van der Waals surface area contributed by atoms with Crippen molar-refractivity contribution in [2.75, 3.05) is 6.61 Å². The number of aryl methyl sites for hydroxylation is 1. The van der Waals surface area contributed by atoms with Gasteiger partial charge in [-0.1, -0.05) is 11.6 Å². The Morgan fingerprint density at radius 3 is 2.58 bits per heavy atom. The van der Waals surface area contributed by atoms with Crippen LogP contribution in [0.5, 0.6) is 5.75 Å². The summed E-state index contributed by atoms with van der Waals surface area (Å²) in [5.41, 5.74) is -0.544. The molecule has 2 aromatic rings. The summed E-state index contributed by atoms with van der Waals surface area (Å²) in [6.45, 7) is -0.0766. The third-order valence-corrected chi connectivity index (χ3v) is 4.58. The fourth-order valence-electron chi connectivity index (χ4n) is 2.73. The SMILES string of the molecule is Cc1cnc(-c2cc(OCC(F)(F)F)c(C(=O)NC3=C(Cl)CCC=C3F)cc2F)cn1. The lowest BCUT2D eigenvalue weighted by molar-refractivity contribution is -0.153. The van der Waals surface area contributed by atoms with Gasteiger partial charge in [0.15, 0.2) is 6.61 Å². The lowest BCUT2D eigenvalue weighted by Crippen LogP contribution is -2.27. The Hall–Kier alpha value is -3.01. The largest absolute Gasteiger partial charge is 0.483 e. The van der Waals surface area contributed by atoms with Crippen molar-refractivity contribution in [2.45, 2.75) is 25.9 Å². The van der Waals surface area contributed by atoms with Crippen LogP contribution in [0, 0.1) is 12.7 Å². The zero-order valence-corrected chi connectivity index (χ0v) is 16.7. The molecule has 0 fully saturated rings. The van der Waals surface area contributed by atoms with Gasteiger partial charge in [-0.2, -0.15) is 13.2 Å². The molecular formula is C20H15ClF5N3O2. The Morgan fingerprint density at radius 1 is 1.23 bits per heavy atom. The summed E-state index contributed by atoms with van der Waals surface area (Å²) in [5.74, 6) is -3.40. The number of alkyl halides is 3. The third kappa shape index (κ3) is 5.57. The summed E-state index contributed by atoms with van der Waals surface area (Å²) in [5, 5.41) is 2.20. The summed E-state index contributed by atoms with van der Waals surface area (Å²) >= 11 is 5.93. The van der Waals surface area contributed by atoms with Gasteiger partial charge < -0.3 is 10.1 Å². The molecule has 0 atom stereocenters. The first kappa shape index (κ1) is 22.7. The van der Waals surface area contributed by atoms with E-state index < -0.39 is 41.6 Å². The van der Waals surface area contributed by atoms with E-state index in [1.165, 1.54) is 18.5 Å².